The first-order valence-corrected chi connectivity index (χ1v) is 8.63. The Balaban J connectivity index is 2.10. The fourth-order valence-electron chi connectivity index (χ4n) is 2.96. The molecule has 0 atom stereocenters. The van der Waals surface area contributed by atoms with E-state index in [2.05, 4.69) is 10.3 Å². The lowest BCUT2D eigenvalue weighted by atomic mass is 10.0. The van der Waals surface area contributed by atoms with Gasteiger partial charge in [0.1, 0.15) is 11.6 Å². The quantitative estimate of drug-likeness (QED) is 0.609. The number of benzene rings is 1. The highest BCUT2D eigenvalue weighted by molar-refractivity contribution is 5.98. The molecule has 7 nitrogen and oxygen atoms in total. The van der Waals surface area contributed by atoms with Gasteiger partial charge in [-0.3, -0.25) is 14.2 Å². The second-order valence-corrected chi connectivity index (χ2v) is 6.61. The Hall–Kier alpha value is -3.75. The van der Waals surface area contributed by atoms with E-state index in [-0.39, 0.29) is 40.4 Å². The van der Waals surface area contributed by atoms with E-state index in [4.69, 9.17) is 11.5 Å². The van der Waals surface area contributed by atoms with Gasteiger partial charge in [0.2, 0.25) is 0 Å². The summed E-state index contributed by atoms with van der Waals surface area (Å²) < 4.78 is 29.5. The molecule has 150 valence electrons. The van der Waals surface area contributed by atoms with Crippen LogP contribution in [-0.4, -0.2) is 15.5 Å². The van der Waals surface area contributed by atoms with Gasteiger partial charge in [-0.15, -0.1) is 0 Å². The van der Waals surface area contributed by atoms with Crippen molar-refractivity contribution in [2.45, 2.75) is 13.3 Å². The molecular formula is C20H19F2N5O2. The van der Waals surface area contributed by atoms with E-state index < -0.39 is 23.1 Å². The molecule has 9 heteroatoms. The van der Waals surface area contributed by atoms with E-state index in [1.165, 1.54) is 37.5 Å². The molecule has 29 heavy (non-hydrogen) atoms. The summed E-state index contributed by atoms with van der Waals surface area (Å²) in [5, 5.41) is 2.75. The molecule has 0 spiro atoms. The first-order chi connectivity index (χ1) is 13.7. The van der Waals surface area contributed by atoms with E-state index >= 15 is 0 Å². The molecule has 2 heterocycles. The standard InChI is InChI=1S/C20H19F2N5O2/c1-10-3-4-15(14(21)7-10)26-19-13(18(24)28)9-12(20(29)27(19)2)8-11-5-6-25-17(23)16(11)22/h3-7,9,26H,8H2,1-2H3,(H2,23,25)(H2,24,28). The number of carbonyl (C=O) groups is 1. The first-order valence-electron chi connectivity index (χ1n) is 8.63. The van der Waals surface area contributed by atoms with Gasteiger partial charge >= 0.3 is 0 Å². The highest BCUT2D eigenvalue weighted by Gasteiger charge is 2.19. The van der Waals surface area contributed by atoms with E-state index in [9.17, 15) is 18.4 Å². The maximum Gasteiger partial charge on any atom is 0.255 e. The Morgan fingerprint density at radius 2 is 1.93 bits per heavy atom. The van der Waals surface area contributed by atoms with Crippen LogP contribution in [0.15, 0.2) is 41.3 Å². The average molecular weight is 399 g/mol. The zero-order valence-corrected chi connectivity index (χ0v) is 15.8. The number of nitrogens with one attached hydrogen (secondary N) is 1. The van der Waals surface area contributed by atoms with Crippen molar-refractivity contribution in [2.75, 3.05) is 11.1 Å². The molecule has 0 aliphatic rings. The van der Waals surface area contributed by atoms with Crippen molar-refractivity contribution < 1.29 is 13.6 Å². The number of aryl methyl sites for hydroxylation is 1. The third-order valence-electron chi connectivity index (χ3n) is 4.51. The summed E-state index contributed by atoms with van der Waals surface area (Å²) in [6, 6.07) is 7.15. The van der Waals surface area contributed by atoms with E-state index in [0.29, 0.717) is 5.56 Å². The molecule has 2 aromatic heterocycles. The van der Waals surface area contributed by atoms with Crippen LogP contribution >= 0.6 is 0 Å². The Morgan fingerprint density at radius 3 is 2.59 bits per heavy atom. The Kier molecular flexibility index (Phi) is 5.31. The van der Waals surface area contributed by atoms with Crippen LogP contribution < -0.4 is 22.3 Å². The number of nitrogens with zero attached hydrogens (tertiary/aromatic N) is 2. The highest BCUT2D eigenvalue weighted by atomic mass is 19.1. The second-order valence-electron chi connectivity index (χ2n) is 6.61. The summed E-state index contributed by atoms with van der Waals surface area (Å²) >= 11 is 0. The van der Waals surface area contributed by atoms with Crippen molar-refractivity contribution in [2.24, 2.45) is 12.8 Å². The minimum absolute atomic E-state index is 0.0312. The highest BCUT2D eigenvalue weighted by Crippen LogP contribution is 2.24. The average Bonchev–Trinajstić information content (AvgIpc) is 2.66. The second kappa shape index (κ2) is 7.70. The monoisotopic (exact) mass is 399 g/mol. The fraction of sp³-hybridized carbons (Fsp3) is 0.150. The van der Waals surface area contributed by atoms with Crippen molar-refractivity contribution in [1.29, 1.82) is 0 Å². The molecule has 0 unspecified atom stereocenters. The Morgan fingerprint density at radius 1 is 1.21 bits per heavy atom. The maximum absolute atomic E-state index is 14.2. The van der Waals surface area contributed by atoms with Crippen molar-refractivity contribution in [3.63, 3.8) is 0 Å². The minimum atomic E-state index is -0.827. The third kappa shape index (κ3) is 3.93. The summed E-state index contributed by atoms with van der Waals surface area (Å²) in [4.78, 5) is 28.5. The number of nitrogens with two attached hydrogens (primary N) is 2. The van der Waals surface area contributed by atoms with Gasteiger partial charge in [-0.2, -0.15) is 0 Å². The molecule has 0 aliphatic carbocycles. The molecule has 0 saturated carbocycles. The summed E-state index contributed by atoms with van der Waals surface area (Å²) in [5.41, 5.74) is 11.5. The Bertz CT molecular complexity index is 1170. The van der Waals surface area contributed by atoms with Crippen LogP contribution in [0.4, 0.5) is 26.1 Å². The van der Waals surface area contributed by atoms with Crippen LogP contribution in [0.1, 0.15) is 27.0 Å². The number of anilines is 3. The summed E-state index contributed by atoms with van der Waals surface area (Å²) in [6.45, 7) is 1.73. The number of halogens is 2. The van der Waals surface area contributed by atoms with Crippen LogP contribution in [0, 0.1) is 18.6 Å². The lowest BCUT2D eigenvalue weighted by Crippen LogP contribution is -2.28. The zero-order chi connectivity index (χ0) is 21.3. The zero-order valence-electron chi connectivity index (χ0n) is 15.8. The number of carbonyl (C=O) groups excluding carboxylic acids is 1. The van der Waals surface area contributed by atoms with Crippen molar-refractivity contribution in [1.82, 2.24) is 9.55 Å². The molecule has 3 aromatic rings. The lowest BCUT2D eigenvalue weighted by Gasteiger charge is -2.17. The van der Waals surface area contributed by atoms with Gasteiger partial charge in [0, 0.05) is 25.2 Å². The number of hydrogen-bond acceptors (Lipinski definition) is 5. The molecule has 0 fully saturated rings. The number of pyridine rings is 2. The van der Waals surface area contributed by atoms with Crippen LogP contribution in [0.3, 0.4) is 0 Å². The van der Waals surface area contributed by atoms with Gasteiger partial charge in [-0.1, -0.05) is 6.07 Å². The molecule has 3 rings (SSSR count). The molecule has 0 saturated heterocycles. The smallest absolute Gasteiger partial charge is 0.255 e. The third-order valence-corrected chi connectivity index (χ3v) is 4.51. The minimum Gasteiger partial charge on any atom is -0.381 e. The molecule has 0 bridgehead atoms. The number of aromatic nitrogens is 2. The topological polar surface area (TPSA) is 116 Å². The summed E-state index contributed by atoms with van der Waals surface area (Å²) in [6.07, 6.45) is 1.20. The SMILES string of the molecule is Cc1ccc(Nc2c(C(N)=O)cc(Cc3ccnc(N)c3F)c(=O)n2C)c(F)c1. The number of amides is 1. The molecule has 1 aromatic carbocycles. The first kappa shape index (κ1) is 20.0. The fourth-order valence-corrected chi connectivity index (χ4v) is 2.96. The summed E-state index contributed by atoms with van der Waals surface area (Å²) in [5.74, 6) is -2.37. The number of primary amides is 1. The van der Waals surface area contributed by atoms with Crippen molar-refractivity contribution in [3.05, 3.63) is 80.8 Å². The van der Waals surface area contributed by atoms with Gasteiger partial charge in [0.25, 0.3) is 11.5 Å². The summed E-state index contributed by atoms with van der Waals surface area (Å²) in [7, 11) is 1.41. The molecular weight excluding hydrogens is 380 g/mol. The molecule has 5 N–H and O–H groups in total. The molecule has 0 radical (unpaired) electrons. The van der Waals surface area contributed by atoms with E-state index in [1.54, 1.807) is 13.0 Å². The number of nitrogen functional groups attached to an aromatic ring is 1. The van der Waals surface area contributed by atoms with E-state index in [0.717, 1.165) is 4.57 Å². The predicted molar refractivity (Wildman–Crippen MR) is 106 cm³/mol. The van der Waals surface area contributed by atoms with Crippen molar-refractivity contribution >= 4 is 23.2 Å². The number of hydrogen-bond donors (Lipinski definition) is 3. The largest absolute Gasteiger partial charge is 0.381 e. The van der Waals surface area contributed by atoms with Gasteiger partial charge in [-0.05, 0) is 42.3 Å². The maximum atomic E-state index is 14.2. The predicted octanol–water partition coefficient (Wildman–Crippen LogP) is 2.38. The lowest BCUT2D eigenvalue weighted by molar-refractivity contribution is 0.100. The molecule has 1 amide bonds. The van der Waals surface area contributed by atoms with E-state index in [1.807, 2.05) is 0 Å². The normalized spacial score (nSPS) is 10.8. The van der Waals surface area contributed by atoms with Gasteiger partial charge < -0.3 is 16.8 Å². The van der Waals surface area contributed by atoms with Crippen LogP contribution in [0.5, 0.6) is 0 Å². The van der Waals surface area contributed by atoms with Gasteiger partial charge in [0.05, 0.1) is 11.3 Å². The Labute approximate surface area is 165 Å². The van der Waals surface area contributed by atoms with Crippen LogP contribution in [0.2, 0.25) is 0 Å². The van der Waals surface area contributed by atoms with Crippen molar-refractivity contribution in [3.8, 4) is 0 Å². The molecule has 0 aliphatic heterocycles. The number of rotatable bonds is 5. The van der Waals surface area contributed by atoms with Crippen LogP contribution in [0.25, 0.3) is 0 Å². The van der Waals surface area contributed by atoms with Gasteiger partial charge in [0.15, 0.2) is 11.6 Å². The van der Waals surface area contributed by atoms with Gasteiger partial charge in [-0.25, -0.2) is 13.8 Å². The van der Waals surface area contributed by atoms with Crippen LogP contribution in [-0.2, 0) is 13.5 Å².